The summed E-state index contributed by atoms with van der Waals surface area (Å²) in [6.45, 7) is 8.96. The van der Waals surface area contributed by atoms with Crippen LogP contribution in [-0.2, 0) is 30.5 Å². The van der Waals surface area contributed by atoms with Gasteiger partial charge in [-0.2, -0.15) is 0 Å². The number of nitrogens with two attached hydrogens (primary N) is 1. The predicted molar refractivity (Wildman–Crippen MR) is 182 cm³/mol. The van der Waals surface area contributed by atoms with Crippen LogP contribution in [0.3, 0.4) is 0 Å². The van der Waals surface area contributed by atoms with Gasteiger partial charge in [0.1, 0.15) is 11.6 Å². The summed E-state index contributed by atoms with van der Waals surface area (Å²) in [5, 5.41) is 2.73. The molecule has 2 unspecified atom stereocenters. The first-order valence-corrected chi connectivity index (χ1v) is 16.4. The predicted octanol–water partition coefficient (Wildman–Crippen LogP) is 4.58. The number of halogens is 2. The van der Waals surface area contributed by atoms with Gasteiger partial charge in [0.05, 0.1) is 31.8 Å². The van der Waals surface area contributed by atoms with Gasteiger partial charge >= 0.3 is 0 Å². The summed E-state index contributed by atoms with van der Waals surface area (Å²) < 4.78 is 36.7. The van der Waals surface area contributed by atoms with Crippen molar-refractivity contribution in [3.05, 3.63) is 95.8 Å². The molecule has 12 heteroatoms. The molecule has 1 aliphatic rings. The van der Waals surface area contributed by atoms with Crippen molar-refractivity contribution in [2.75, 3.05) is 32.8 Å². The van der Waals surface area contributed by atoms with Crippen molar-refractivity contribution in [2.24, 2.45) is 11.1 Å². The number of nitrogens with zero attached hydrogens (tertiary/aromatic N) is 3. The fourth-order valence-corrected chi connectivity index (χ4v) is 5.91. The van der Waals surface area contributed by atoms with Gasteiger partial charge in [-0.05, 0) is 41.7 Å². The van der Waals surface area contributed by atoms with Crippen LogP contribution < -0.4 is 11.1 Å². The number of ether oxygens (including phenoxy) is 1. The average Bonchev–Trinajstić information content (AvgIpc) is 3.62. The number of rotatable bonds is 16. The third-order valence-corrected chi connectivity index (χ3v) is 8.32. The molecule has 2 heterocycles. The molecule has 0 fully saturated rings. The maximum atomic E-state index is 15.0. The van der Waals surface area contributed by atoms with Gasteiger partial charge in [-0.1, -0.05) is 58.0 Å². The molecular weight excluding hydrogens is 632 g/mol. The fraction of sp³-hybridized carbons (Fsp3) is 0.405. The van der Waals surface area contributed by atoms with E-state index >= 15 is 0 Å². The van der Waals surface area contributed by atoms with E-state index in [4.69, 9.17) is 10.5 Å². The Balaban J connectivity index is 1.50. The highest BCUT2D eigenvalue weighted by atomic mass is 19.1. The SMILES string of the molecule is CCC(=O)N(CCC(N)C(=O)NCCOCCN1C(=O)C=CC1=O)C(c1cc(-c2cc(F)ccc2F)cn1Cc1ccccc1)C(C)(C)C. The zero-order chi connectivity index (χ0) is 35.7. The summed E-state index contributed by atoms with van der Waals surface area (Å²) in [4.78, 5) is 52.5. The molecule has 3 aromatic rings. The van der Waals surface area contributed by atoms with E-state index in [0.29, 0.717) is 12.1 Å². The Morgan fingerprint density at radius 2 is 1.69 bits per heavy atom. The number of benzene rings is 2. The van der Waals surface area contributed by atoms with E-state index in [2.05, 4.69) is 5.32 Å². The molecule has 0 radical (unpaired) electrons. The van der Waals surface area contributed by atoms with Crippen LogP contribution in [0.4, 0.5) is 8.78 Å². The molecule has 49 heavy (non-hydrogen) atoms. The van der Waals surface area contributed by atoms with Crippen molar-refractivity contribution in [3.63, 3.8) is 0 Å². The molecule has 0 spiro atoms. The lowest BCUT2D eigenvalue weighted by Gasteiger charge is -2.41. The second-order valence-electron chi connectivity index (χ2n) is 13.1. The highest BCUT2D eigenvalue weighted by Gasteiger charge is 2.37. The van der Waals surface area contributed by atoms with Crippen LogP contribution >= 0.6 is 0 Å². The largest absolute Gasteiger partial charge is 0.378 e. The van der Waals surface area contributed by atoms with Crippen LogP contribution in [0.1, 0.15) is 57.8 Å². The lowest BCUT2D eigenvalue weighted by molar-refractivity contribution is -0.138. The number of aromatic nitrogens is 1. The normalized spacial score (nSPS) is 14.3. The van der Waals surface area contributed by atoms with Crippen LogP contribution in [0.15, 0.2) is 72.9 Å². The molecule has 4 rings (SSSR count). The summed E-state index contributed by atoms with van der Waals surface area (Å²) in [6, 6.07) is 13.4. The Morgan fingerprint density at radius 1 is 1.00 bits per heavy atom. The zero-order valence-corrected chi connectivity index (χ0v) is 28.5. The van der Waals surface area contributed by atoms with Gasteiger partial charge in [-0.25, -0.2) is 8.78 Å². The average molecular weight is 678 g/mol. The van der Waals surface area contributed by atoms with Crippen LogP contribution in [0.2, 0.25) is 0 Å². The van der Waals surface area contributed by atoms with Crippen molar-refractivity contribution in [1.29, 1.82) is 0 Å². The van der Waals surface area contributed by atoms with Gasteiger partial charge < -0.3 is 25.3 Å². The number of hydrogen-bond donors (Lipinski definition) is 2. The number of carbonyl (C=O) groups excluding carboxylic acids is 4. The van der Waals surface area contributed by atoms with Crippen molar-refractivity contribution >= 4 is 23.6 Å². The molecule has 1 aliphatic heterocycles. The van der Waals surface area contributed by atoms with E-state index in [-0.39, 0.29) is 69.0 Å². The highest BCUT2D eigenvalue weighted by Crippen LogP contribution is 2.41. The van der Waals surface area contributed by atoms with Crippen molar-refractivity contribution in [2.45, 2.75) is 59.2 Å². The maximum Gasteiger partial charge on any atom is 0.253 e. The van der Waals surface area contributed by atoms with Gasteiger partial charge in [-0.15, -0.1) is 0 Å². The van der Waals surface area contributed by atoms with E-state index in [9.17, 15) is 28.0 Å². The Morgan fingerprint density at radius 3 is 2.35 bits per heavy atom. The van der Waals surface area contributed by atoms with Crippen LogP contribution in [-0.4, -0.2) is 76.9 Å². The Hall–Kier alpha value is -4.68. The summed E-state index contributed by atoms with van der Waals surface area (Å²) in [5.74, 6) is -2.45. The van der Waals surface area contributed by atoms with E-state index in [1.165, 1.54) is 12.2 Å². The minimum absolute atomic E-state index is 0.113. The zero-order valence-electron chi connectivity index (χ0n) is 28.5. The van der Waals surface area contributed by atoms with E-state index < -0.39 is 35.0 Å². The quantitative estimate of drug-likeness (QED) is 0.169. The van der Waals surface area contributed by atoms with E-state index in [1.54, 1.807) is 18.0 Å². The monoisotopic (exact) mass is 677 g/mol. The van der Waals surface area contributed by atoms with Crippen molar-refractivity contribution in [1.82, 2.24) is 19.7 Å². The van der Waals surface area contributed by atoms with Crippen molar-refractivity contribution < 1.29 is 32.7 Å². The molecule has 3 N–H and O–H groups in total. The summed E-state index contributed by atoms with van der Waals surface area (Å²) in [5.41, 5.74) is 8.10. The third kappa shape index (κ3) is 9.70. The molecule has 1 aromatic heterocycles. The molecule has 2 atom stereocenters. The molecule has 262 valence electrons. The lowest BCUT2D eigenvalue weighted by Crippen LogP contribution is -2.47. The fourth-order valence-electron chi connectivity index (χ4n) is 5.91. The van der Waals surface area contributed by atoms with Crippen LogP contribution in [0.25, 0.3) is 11.1 Å². The first-order valence-electron chi connectivity index (χ1n) is 16.4. The van der Waals surface area contributed by atoms with Crippen LogP contribution in [0.5, 0.6) is 0 Å². The topological polar surface area (TPSA) is 127 Å². The van der Waals surface area contributed by atoms with Gasteiger partial charge in [0.15, 0.2) is 0 Å². The first-order chi connectivity index (χ1) is 23.3. The standard InChI is InChI=1S/C37H45F2N5O5/c1-5-32(45)44(17-15-30(40)36(48)41-16-19-49-20-18-43-33(46)13-14-34(43)47)35(37(2,3)4)31-21-26(28-22-27(38)11-12-29(28)39)24-42(31)23-25-9-7-6-8-10-25/h6-14,21-22,24,30,35H,5,15-20,23,40H2,1-4H3,(H,41,48). The smallest absolute Gasteiger partial charge is 0.253 e. The summed E-state index contributed by atoms with van der Waals surface area (Å²) >= 11 is 0. The highest BCUT2D eigenvalue weighted by molar-refractivity contribution is 6.12. The summed E-state index contributed by atoms with van der Waals surface area (Å²) in [7, 11) is 0. The Bertz CT molecular complexity index is 1650. The van der Waals surface area contributed by atoms with Crippen molar-refractivity contribution in [3.8, 4) is 11.1 Å². The minimum atomic E-state index is -0.924. The van der Waals surface area contributed by atoms with Gasteiger partial charge in [0.25, 0.3) is 11.8 Å². The van der Waals surface area contributed by atoms with Gasteiger partial charge in [0.2, 0.25) is 11.8 Å². The summed E-state index contributed by atoms with van der Waals surface area (Å²) in [6.07, 6.45) is 4.57. The second kappa shape index (κ2) is 16.6. The Kier molecular flexibility index (Phi) is 12.6. The second-order valence-corrected chi connectivity index (χ2v) is 13.1. The Labute approximate surface area is 285 Å². The molecule has 0 aliphatic carbocycles. The number of carbonyl (C=O) groups is 4. The molecule has 0 saturated heterocycles. The minimum Gasteiger partial charge on any atom is -0.378 e. The third-order valence-electron chi connectivity index (χ3n) is 8.32. The van der Waals surface area contributed by atoms with Gasteiger partial charge in [-0.3, -0.25) is 24.1 Å². The molecule has 2 aromatic carbocycles. The number of nitrogens with one attached hydrogen (secondary N) is 1. The van der Waals surface area contributed by atoms with Gasteiger partial charge in [0, 0.05) is 61.2 Å². The maximum absolute atomic E-state index is 15.0. The molecule has 0 saturated carbocycles. The number of hydrogen-bond acceptors (Lipinski definition) is 6. The lowest BCUT2D eigenvalue weighted by atomic mass is 9.82. The van der Waals surface area contributed by atoms with E-state index in [0.717, 1.165) is 34.4 Å². The molecule has 0 bridgehead atoms. The first kappa shape index (κ1) is 37.1. The van der Waals surface area contributed by atoms with Crippen LogP contribution in [0, 0.1) is 17.0 Å². The number of imide groups is 1. The number of amides is 4. The van der Waals surface area contributed by atoms with E-state index in [1.807, 2.05) is 61.7 Å². The molecule has 10 nitrogen and oxygen atoms in total. The molecule has 4 amide bonds. The molecular formula is C37H45F2N5O5.